The fourth-order valence-corrected chi connectivity index (χ4v) is 2.86. The Balaban J connectivity index is 2.06. The van der Waals surface area contributed by atoms with Crippen LogP contribution in [-0.4, -0.2) is 22.4 Å². The summed E-state index contributed by atoms with van der Waals surface area (Å²) in [5.41, 5.74) is 1.86. The number of hydrogen-bond donors (Lipinski definition) is 3. The largest absolute Gasteiger partial charge is 0.465 e. The van der Waals surface area contributed by atoms with Gasteiger partial charge in [0.05, 0.1) is 12.1 Å². The number of fused-ring (bicyclic) bond motifs is 2. The maximum Gasteiger partial charge on any atom is 0.405 e. The highest BCUT2D eigenvalue weighted by molar-refractivity contribution is 5.66. The van der Waals surface area contributed by atoms with Crippen molar-refractivity contribution < 1.29 is 15.0 Å². The first kappa shape index (κ1) is 9.66. The van der Waals surface area contributed by atoms with Crippen molar-refractivity contribution in [2.45, 2.75) is 30.4 Å². The van der Waals surface area contributed by atoms with Gasteiger partial charge >= 0.3 is 6.09 Å². The highest BCUT2D eigenvalue weighted by atomic mass is 16.4. The standard InChI is InChI=1S/C12H13NO3/c14-10-9(13-11(15)16)7-3-1-2-4-8(7)12(10)5-6-12/h1-4,9-10,13-14H,5-6H2,(H,15,16)/t9?,10-/m1/s1. The molecule has 1 unspecified atom stereocenters. The van der Waals surface area contributed by atoms with Crippen LogP contribution in [0, 0.1) is 0 Å². The molecule has 2 aliphatic rings. The number of benzene rings is 1. The Kier molecular flexibility index (Phi) is 1.80. The molecule has 0 aromatic heterocycles. The van der Waals surface area contributed by atoms with Crippen molar-refractivity contribution in [2.75, 3.05) is 0 Å². The van der Waals surface area contributed by atoms with E-state index in [-0.39, 0.29) is 5.41 Å². The quantitative estimate of drug-likeness (QED) is 0.668. The molecule has 84 valence electrons. The first-order chi connectivity index (χ1) is 7.65. The Morgan fingerprint density at radius 3 is 2.69 bits per heavy atom. The van der Waals surface area contributed by atoms with Gasteiger partial charge in [0.15, 0.2) is 0 Å². The molecule has 1 spiro atoms. The molecule has 2 aliphatic carbocycles. The van der Waals surface area contributed by atoms with Gasteiger partial charge in [0, 0.05) is 5.41 Å². The zero-order valence-electron chi connectivity index (χ0n) is 8.68. The Bertz CT molecular complexity index is 453. The van der Waals surface area contributed by atoms with E-state index in [0.717, 1.165) is 24.0 Å². The molecule has 1 fully saturated rings. The van der Waals surface area contributed by atoms with Gasteiger partial charge in [0.25, 0.3) is 0 Å². The van der Waals surface area contributed by atoms with E-state index in [1.807, 2.05) is 24.3 Å². The van der Waals surface area contributed by atoms with Crippen LogP contribution in [0.25, 0.3) is 0 Å². The molecule has 3 rings (SSSR count). The number of nitrogens with one attached hydrogen (secondary N) is 1. The molecule has 3 N–H and O–H groups in total. The van der Waals surface area contributed by atoms with Crippen LogP contribution in [-0.2, 0) is 5.41 Å². The lowest BCUT2D eigenvalue weighted by Crippen LogP contribution is -2.36. The minimum atomic E-state index is -1.09. The summed E-state index contributed by atoms with van der Waals surface area (Å²) in [7, 11) is 0. The Morgan fingerprint density at radius 2 is 2.06 bits per heavy atom. The molecule has 16 heavy (non-hydrogen) atoms. The number of aliphatic hydroxyl groups excluding tert-OH is 1. The molecule has 0 heterocycles. The number of aliphatic hydroxyl groups is 1. The van der Waals surface area contributed by atoms with Crippen molar-refractivity contribution >= 4 is 6.09 Å². The van der Waals surface area contributed by atoms with E-state index in [2.05, 4.69) is 5.32 Å². The van der Waals surface area contributed by atoms with E-state index in [0.29, 0.717) is 0 Å². The molecule has 0 aliphatic heterocycles. The second-order valence-electron chi connectivity index (χ2n) is 4.62. The number of rotatable bonds is 1. The molecule has 1 amide bonds. The van der Waals surface area contributed by atoms with Gasteiger partial charge in [-0.3, -0.25) is 0 Å². The van der Waals surface area contributed by atoms with Crippen molar-refractivity contribution in [3.63, 3.8) is 0 Å². The molecule has 2 atom stereocenters. The summed E-state index contributed by atoms with van der Waals surface area (Å²) in [6, 6.07) is 7.23. The van der Waals surface area contributed by atoms with E-state index in [9.17, 15) is 9.90 Å². The van der Waals surface area contributed by atoms with E-state index < -0.39 is 18.2 Å². The van der Waals surface area contributed by atoms with Gasteiger partial charge < -0.3 is 15.5 Å². The number of hydrogen-bond acceptors (Lipinski definition) is 2. The van der Waals surface area contributed by atoms with E-state index in [1.165, 1.54) is 0 Å². The summed E-state index contributed by atoms with van der Waals surface area (Å²) < 4.78 is 0. The highest BCUT2D eigenvalue weighted by Crippen LogP contribution is 2.59. The van der Waals surface area contributed by atoms with Gasteiger partial charge in [-0.15, -0.1) is 0 Å². The molecule has 4 heteroatoms. The maximum atomic E-state index is 10.7. The van der Waals surface area contributed by atoms with Crippen LogP contribution in [0.1, 0.15) is 30.0 Å². The minimum absolute atomic E-state index is 0.177. The minimum Gasteiger partial charge on any atom is -0.465 e. The fraction of sp³-hybridized carbons (Fsp3) is 0.417. The van der Waals surface area contributed by atoms with Gasteiger partial charge in [-0.05, 0) is 24.0 Å². The molecular weight excluding hydrogens is 206 g/mol. The van der Waals surface area contributed by atoms with Crippen molar-refractivity contribution in [1.29, 1.82) is 0 Å². The number of carboxylic acid groups (broad SMARTS) is 1. The topological polar surface area (TPSA) is 69.6 Å². The van der Waals surface area contributed by atoms with Gasteiger partial charge in [0.1, 0.15) is 0 Å². The zero-order chi connectivity index (χ0) is 11.3. The third-order valence-electron chi connectivity index (χ3n) is 3.78. The molecule has 1 saturated carbocycles. The molecule has 0 bridgehead atoms. The lowest BCUT2D eigenvalue weighted by atomic mass is 9.97. The Hall–Kier alpha value is -1.55. The first-order valence-electron chi connectivity index (χ1n) is 5.42. The van der Waals surface area contributed by atoms with E-state index in [4.69, 9.17) is 5.11 Å². The maximum absolute atomic E-state index is 10.7. The summed E-state index contributed by atoms with van der Waals surface area (Å²) in [6.07, 6.45) is 0.184. The molecule has 4 nitrogen and oxygen atoms in total. The van der Waals surface area contributed by atoms with Crippen molar-refractivity contribution in [2.24, 2.45) is 0 Å². The second-order valence-corrected chi connectivity index (χ2v) is 4.62. The van der Waals surface area contributed by atoms with Crippen LogP contribution in [0.3, 0.4) is 0 Å². The summed E-state index contributed by atoms with van der Waals surface area (Å²) in [6.45, 7) is 0. The van der Waals surface area contributed by atoms with Crippen molar-refractivity contribution in [3.05, 3.63) is 35.4 Å². The van der Waals surface area contributed by atoms with Crippen molar-refractivity contribution in [1.82, 2.24) is 5.32 Å². The average Bonchev–Trinajstić information content (AvgIpc) is 3.02. The molecule has 1 aromatic carbocycles. The second kappa shape index (κ2) is 2.98. The lowest BCUT2D eigenvalue weighted by Gasteiger charge is -2.19. The van der Waals surface area contributed by atoms with Crippen LogP contribution in [0.2, 0.25) is 0 Å². The third-order valence-corrected chi connectivity index (χ3v) is 3.78. The van der Waals surface area contributed by atoms with Gasteiger partial charge in [0.2, 0.25) is 0 Å². The van der Waals surface area contributed by atoms with Gasteiger partial charge in [-0.2, -0.15) is 0 Å². The third kappa shape index (κ3) is 1.10. The Labute approximate surface area is 92.9 Å². The highest BCUT2D eigenvalue weighted by Gasteiger charge is 2.59. The monoisotopic (exact) mass is 219 g/mol. The summed E-state index contributed by atoms with van der Waals surface area (Å²) >= 11 is 0. The molecule has 0 saturated heterocycles. The average molecular weight is 219 g/mol. The SMILES string of the molecule is O=C(O)NC1c2ccccc2C2(CC2)[C@@H]1O. The molecule has 0 radical (unpaired) electrons. The molecular formula is C12H13NO3. The number of carbonyl (C=O) groups is 1. The van der Waals surface area contributed by atoms with Crippen LogP contribution in [0.4, 0.5) is 4.79 Å². The van der Waals surface area contributed by atoms with E-state index in [1.54, 1.807) is 0 Å². The summed E-state index contributed by atoms with van der Waals surface area (Å²) in [4.78, 5) is 10.7. The van der Waals surface area contributed by atoms with Crippen LogP contribution in [0.5, 0.6) is 0 Å². The van der Waals surface area contributed by atoms with Crippen LogP contribution < -0.4 is 5.32 Å². The lowest BCUT2D eigenvalue weighted by molar-refractivity contribution is 0.101. The predicted octanol–water partition coefficient (Wildman–Crippen LogP) is 1.40. The van der Waals surface area contributed by atoms with Crippen molar-refractivity contribution in [3.8, 4) is 0 Å². The zero-order valence-corrected chi connectivity index (χ0v) is 8.68. The number of amides is 1. The Morgan fingerprint density at radius 1 is 1.38 bits per heavy atom. The summed E-state index contributed by atoms with van der Waals surface area (Å²) in [5.74, 6) is 0. The van der Waals surface area contributed by atoms with Gasteiger partial charge in [-0.1, -0.05) is 24.3 Å². The molecule has 1 aromatic rings. The normalized spacial score (nSPS) is 28.8. The fourth-order valence-electron chi connectivity index (χ4n) is 2.86. The predicted molar refractivity (Wildman–Crippen MR) is 57.3 cm³/mol. The smallest absolute Gasteiger partial charge is 0.405 e. The summed E-state index contributed by atoms with van der Waals surface area (Å²) in [5, 5.41) is 21.4. The van der Waals surface area contributed by atoms with Crippen LogP contribution in [0.15, 0.2) is 24.3 Å². The first-order valence-corrected chi connectivity index (χ1v) is 5.42. The van der Waals surface area contributed by atoms with Crippen LogP contribution >= 0.6 is 0 Å². The van der Waals surface area contributed by atoms with E-state index >= 15 is 0 Å². The van der Waals surface area contributed by atoms with Gasteiger partial charge in [-0.25, -0.2) is 4.79 Å².